The quantitative estimate of drug-likeness (QED) is 0.807. The summed E-state index contributed by atoms with van der Waals surface area (Å²) in [5, 5.41) is 0. The number of fused-ring (bicyclic) bond motifs is 1. The fourth-order valence-electron chi connectivity index (χ4n) is 4.55. The summed E-state index contributed by atoms with van der Waals surface area (Å²) in [7, 11) is 0. The fourth-order valence-corrected chi connectivity index (χ4v) is 4.55. The van der Waals surface area contributed by atoms with Crippen molar-refractivity contribution in [1.82, 2.24) is 4.90 Å². The molecule has 3 heterocycles. The Hall–Kier alpha value is -1.79. The average molecular weight is 375 g/mol. The number of carbonyl (C=O) groups is 1. The monoisotopic (exact) mass is 375 g/mol. The van der Waals surface area contributed by atoms with Crippen molar-refractivity contribution < 1.29 is 23.9 Å². The van der Waals surface area contributed by atoms with Crippen LogP contribution in [0.4, 0.5) is 0 Å². The first-order valence-corrected chi connectivity index (χ1v) is 10.4. The predicted molar refractivity (Wildman–Crippen MR) is 101 cm³/mol. The van der Waals surface area contributed by atoms with E-state index in [4.69, 9.17) is 14.2 Å². The van der Waals surface area contributed by atoms with Crippen molar-refractivity contribution in [3.63, 3.8) is 0 Å². The largest absolute Gasteiger partial charge is 0.486 e. The molecule has 3 aliphatic heterocycles. The van der Waals surface area contributed by atoms with Crippen molar-refractivity contribution in [1.29, 1.82) is 0 Å². The molecule has 3 aliphatic rings. The van der Waals surface area contributed by atoms with Crippen LogP contribution < -0.4 is 14.4 Å². The van der Waals surface area contributed by atoms with Gasteiger partial charge >= 0.3 is 0 Å². The second kappa shape index (κ2) is 8.48. The lowest BCUT2D eigenvalue weighted by atomic mass is 10.1. The van der Waals surface area contributed by atoms with E-state index in [0.717, 1.165) is 43.0 Å². The summed E-state index contributed by atoms with van der Waals surface area (Å²) in [6.45, 7) is 7.84. The van der Waals surface area contributed by atoms with Crippen LogP contribution in [0.15, 0.2) is 18.2 Å². The maximum atomic E-state index is 13.2. The van der Waals surface area contributed by atoms with Gasteiger partial charge in [-0.05, 0) is 37.5 Å². The van der Waals surface area contributed by atoms with Gasteiger partial charge in [-0.3, -0.25) is 4.79 Å². The molecule has 0 aliphatic carbocycles. The molecule has 1 aromatic rings. The summed E-state index contributed by atoms with van der Waals surface area (Å²) < 4.78 is 17.0. The van der Waals surface area contributed by atoms with Crippen LogP contribution in [0.3, 0.4) is 0 Å². The van der Waals surface area contributed by atoms with Crippen molar-refractivity contribution >= 4 is 5.91 Å². The number of nitrogens with zero attached hydrogens (tertiary/aromatic N) is 1. The minimum absolute atomic E-state index is 0.143. The molecule has 0 aromatic heterocycles. The number of nitrogens with one attached hydrogen (secondary N) is 1. The Bertz CT molecular complexity index is 660. The molecule has 3 atom stereocenters. The predicted octanol–water partition coefficient (Wildman–Crippen LogP) is 1.03. The maximum absolute atomic E-state index is 13.2. The fraction of sp³-hybridized carbons (Fsp3) is 0.667. The molecule has 27 heavy (non-hydrogen) atoms. The van der Waals surface area contributed by atoms with Gasteiger partial charge in [-0.25, -0.2) is 0 Å². The second-order valence-corrected chi connectivity index (χ2v) is 7.80. The van der Waals surface area contributed by atoms with Gasteiger partial charge in [0, 0.05) is 26.0 Å². The number of likely N-dealkylation sites (tertiary alicyclic amines) is 1. The van der Waals surface area contributed by atoms with E-state index in [1.165, 1.54) is 19.4 Å². The SMILES string of the molecule is CC[NH+]1CCC[C@H]1CN(Cc1ccc2c(c1)OCCO2)C(=O)[C@@H]1CCCO1. The topological polar surface area (TPSA) is 52.4 Å². The molecule has 0 radical (unpaired) electrons. The molecular formula is C21H31N2O4+. The van der Waals surface area contributed by atoms with E-state index in [9.17, 15) is 4.79 Å². The number of rotatable bonds is 6. The van der Waals surface area contributed by atoms with Crippen molar-refractivity contribution in [3.05, 3.63) is 23.8 Å². The highest BCUT2D eigenvalue weighted by Crippen LogP contribution is 2.31. The highest BCUT2D eigenvalue weighted by atomic mass is 16.6. The minimum Gasteiger partial charge on any atom is -0.486 e. The van der Waals surface area contributed by atoms with Gasteiger partial charge in [0.2, 0.25) is 0 Å². The Morgan fingerprint density at radius 3 is 2.78 bits per heavy atom. The van der Waals surface area contributed by atoms with Crippen molar-refractivity contribution in [2.45, 2.75) is 51.3 Å². The van der Waals surface area contributed by atoms with Crippen molar-refractivity contribution in [2.75, 3.05) is 39.5 Å². The van der Waals surface area contributed by atoms with Gasteiger partial charge in [0.1, 0.15) is 25.4 Å². The summed E-state index contributed by atoms with van der Waals surface area (Å²) in [5.41, 5.74) is 1.08. The summed E-state index contributed by atoms with van der Waals surface area (Å²) >= 11 is 0. The molecule has 2 saturated heterocycles. The molecular weight excluding hydrogens is 344 g/mol. The van der Waals surface area contributed by atoms with Gasteiger partial charge in [-0.2, -0.15) is 0 Å². The maximum Gasteiger partial charge on any atom is 0.252 e. The van der Waals surface area contributed by atoms with Gasteiger partial charge in [0.25, 0.3) is 5.91 Å². The van der Waals surface area contributed by atoms with E-state index in [-0.39, 0.29) is 12.0 Å². The van der Waals surface area contributed by atoms with E-state index < -0.39 is 0 Å². The van der Waals surface area contributed by atoms with Gasteiger partial charge in [0.05, 0.1) is 19.6 Å². The van der Waals surface area contributed by atoms with Crippen LogP contribution in [0.1, 0.15) is 38.2 Å². The normalized spacial score (nSPS) is 26.9. The average Bonchev–Trinajstić information content (AvgIpc) is 3.38. The Kier molecular flexibility index (Phi) is 5.83. The number of hydrogen-bond acceptors (Lipinski definition) is 4. The molecule has 2 fully saturated rings. The zero-order chi connectivity index (χ0) is 18.6. The molecule has 148 valence electrons. The molecule has 4 rings (SSSR count). The third kappa shape index (κ3) is 4.22. The van der Waals surface area contributed by atoms with E-state index in [0.29, 0.717) is 32.4 Å². The van der Waals surface area contributed by atoms with Crippen LogP contribution in [-0.2, 0) is 16.1 Å². The van der Waals surface area contributed by atoms with E-state index >= 15 is 0 Å². The highest BCUT2D eigenvalue weighted by Gasteiger charge is 2.34. The molecule has 1 N–H and O–H groups in total. The van der Waals surface area contributed by atoms with Crippen LogP contribution >= 0.6 is 0 Å². The van der Waals surface area contributed by atoms with Crippen LogP contribution in [0, 0.1) is 0 Å². The number of ether oxygens (including phenoxy) is 3. The number of carbonyl (C=O) groups excluding carboxylic acids is 1. The Labute approximate surface area is 161 Å². The van der Waals surface area contributed by atoms with E-state index in [1.54, 1.807) is 4.90 Å². The lowest BCUT2D eigenvalue weighted by Gasteiger charge is -2.30. The lowest BCUT2D eigenvalue weighted by molar-refractivity contribution is -0.909. The van der Waals surface area contributed by atoms with Crippen LogP contribution in [0.25, 0.3) is 0 Å². The first-order chi connectivity index (χ1) is 13.2. The van der Waals surface area contributed by atoms with Crippen LogP contribution in [0.5, 0.6) is 11.5 Å². The molecule has 6 heteroatoms. The first kappa shape index (κ1) is 18.6. The zero-order valence-corrected chi connectivity index (χ0v) is 16.2. The Morgan fingerprint density at radius 1 is 1.15 bits per heavy atom. The standard InChI is InChI=1S/C21H30N2O4/c1-2-22-9-3-5-17(22)15-23(21(24)19-6-4-10-25-19)14-16-7-8-18-20(13-16)27-12-11-26-18/h7-8,13,17,19H,2-6,9-12,14-15H2,1H3/p+1/t17-,19-/m0/s1. The molecule has 0 saturated carbocycles. The summed E-state index contributed by atoms with van der Waals surface area (Å²) in [6.07, 6.45) is 3.99. The van der Waals surface area contributed by atoms with Crippen LogP contribution in [-0.4, -0.2) is 62.4 Å². The number of amides is 1. The summed E-state index contributed by atoms with van der Waals surface area (Å²) in [5.74, 6) is 1.72. The molecule has 1 unspecified atom stereocenters. The third-order valence-electron chi connectivity index (χ3n) is 6.02. The number of benzene rings is 1. The molecule has 6 nitrogen and oxygen atoms in total. The Morgan fingerprint density at radius 2 is 2.00 bits per heavy atom. The number of likely N-dealkylation sites (N-methyl/N-ethyl adjacent to an activating group) is 1. The molecule has 1 aromatic carbocycles. The van der Waals surface area contributed by atoms with Crippen molar-refractivity contribution in [2.24, 2.45) is 0 Å². The number of quaternary nitrogens is 1. The molecule has 0 bridgehead atoms. The first-order valence-electron chi connectivity index (χ1n) is 10.4. The van der Waals surface area contributed by atoms with Gasteiger partial charge in [0.15, 0.2) is 11.5 Å². The summed E-state index contributed by atoms with van der Waals surface area (Å²) in [4.78, 5) is 16.8. The molecule has 1 amide bonds. The van der Waals surface area contributed by atoms with E-state index in [1.807, 2.05) is 23.1 Å². The zero-order valence-electron chi connectivity index (χ0n) is 16.2. The second-order valence-electron chi connectivity index (χ2n) is 7.80. The van der Waals surface area contributed by atoms with E-state index in [2.05, 4.69) is 6.92 Å². The minimum atomic E-state index is -0.270. The third-order valence-corrected chi connectivity index (χ3v) is 6.02. The summed E-state index contributed by atoms with van der Waals surface area (Å²) in [6, 6.07) is 6.54. The van der Waals surface area contributed by atoms with Crippen molar-refractivity contribution in [3.8, 4) is 11.5 Å². The smallest absolute Gasteiger partial charge is 0.252 e. The molecule has 0 spiro atoms. The van der Waals surface area contributed by atoms with Gasteiger partial charge < -0.3 is 24.0 Å². The van der Waals surface area contributed by atoms with Crippen LogP contribution in [0.2, 0.25) is 0 Å². The lowest BCUT2D eigenvalue weighted by Crippen LogP contribution is -3.14. The Balaban J connectivity index is 1.50. The van der Waals surface area contributed by atoms with Gasteiger partial charge in [-0.15, -0.1) is 0 Å². The highest BCUT2D eigenvalue weighted by molar-refractivity contribution is 5.81. The van der Waals surface area contributed by atoms with Gasteiger partial charge in [-0.1, -0.05) is 6.07 Å². The number of hydrogen-bond donors (Lipinski definition) is 1.